The van der Waals surface area contributed by atoms with E-state index < -0.39 is 0 Å². The van der Waals surface area contributed by atoms with Crippen molar-refractivity contribution in [2.75, 3.05) is 26.2 Å². The van der Waals surface area contributed by atoms with Crippen LogP contribution in [0, 0.1) is 5.82 Å². The normalized spacial score (nSPS) is 20.6. The molecule has 1 saturated heterocycles. The van der Waals surface area contributed by atoms with Crippen molar-refractivity contribution < 1.29 is 9.18 Å². The Balaban J connectivity index is 1.42. The van der Waals surface area contributed by atoms with Crippen molar-refractivity contribution in [2.45, 2.75) is 51.1 Å². The van der Waals surface area contributed by atoms with E-state index in [1.54, 1.807) is 12.1 Å². The highest BCUT2D eigenvalue weighted by Crippen LogP contribution is 2.22. The molecular formula is C19H28FN3O. The number of amides is 2. The van der Waals surface area contributed by atoms with E-state index >= 15 is 0 Å². The minimum atomic E-state index is -0.250. The van der Waals surface area contributed by atoms with Crippen molar-refractivity contribution in [1.82, 2.24) is 15.1 Å². The lowest BCUT2D eigenvalue weighted by molar-refractivity contribution is 0.101. The van der Waals surface area contributed by atoms with Crippen LogP contribution in [-0.2, 0) is 6.54 Å². The van der Waals surface area contributed by atoms with E-state index in [9.17, 15) is 9.18 Å². The number of nitrogens with zero attached hydrogens (tertiary/aromatic N) is 2. The quantitative estimate of drug-likeness (QED) is 0.861. The molecule has 4 nitrogen and oxygen atoms in total. The van der Waals surface area contributed by atoms with E-state index in [0.29, 0.717) is 6.54 Å². The van der Waals surface area contributed by atoms with Crippen LogP contribution in [0.1, 0.15) is 44.1 Å². The minimum Gasteiger partial charge on any atom is -0.334 e. The van der Waals surface area contributed by atoms with Gasteiger partial charge in [-0.3, -0.25) is 4.90 Å². The third-order valence-corrected chi connectivity index (χ3v) is 5.30. The summed E-state index contributed by atoms with van der Waals surface area (Å²) >= 11 is 0. The minimum absolute atomic E-state index is 0.0140. The molecule has 3 rings (SSSR count). The SMILES string of the molecule is O=C(NCc1ccc(F)cc1)N1CCN(C2CCCCCC2)CC1. The van der Waals surface area contributed by atoms with Crippen molar-refractivity contribution >= 4 is 6.03 Å². The van der Waals surface area contributed by atoms with Gasteiger partial charge in [0.25, 0.3) is 0 Å². The Morgan fingerprint density at radius 1 is 1.00 bits per heavy atom. The predicted octanol–water partition coefficient (Wildman–Crippen LogP) is 3.38. The fourth-order valence-electron chi connectivity index (χ4n) is 3.80. The molecule has 132 valence electrons. The molecule has 1 heterocycles. The van der Waals surface area contributed by atoms with Crippen LogP contribution in [-0.4, -0.2) is 48.1 Å². The summed E-state index contributed by atoms with van der Waals surface area (Å²) < 4.78 is 12.9. The number of rotatable bonds is 3. The van der Waals surface area contributed by atoms with Crippen LogP contribution in [0.4, 0.5) is 9.18 Å². The predicted molar refractivity (Wildman–Crippen MR) is 93.3 cm³/mol. The van der Waals surface area contributed by atoms with Gasteiger partial charge in [0.2, 0.25) is 0 Å². The van der Waals surface area contributed by atoms with Gasteiger partial charge in [-0.25, -0.2) is 9.18 Å². The highest BCUT2D eigenvalue weighted by molar-refractivity contribution is 5.74. The topological polar surface area (TPSA) is 35.6 Å². The molecule has 2 aliphatic rings. The van der Waals surface area contributed by atoms with Crippen molar-refractivity contribution in [1.29, 1.82) is 0 Å². The molecule has 0 aromatic heterocycles. The molecule has 1 aliphatic heterocycles. The number of hydrogen-bond acceptors (Lipinski definition) is 2. The van der Waals surface area contributed by atoms with Gasteiger partial charge in [-0.15, -0.1) is 0 Å². The lowest BCUT2D eigenvalue weighted by atomic mass is 10.1. The van der Waals surface area contributed by atoms with Crippen LogP contribution >= 0.6 is 0 Å². The number of carbonyl (C=O) groups excluding carboxylic acids is 1. The lowest BCUT2D eigenvalue weighted by Gasteiger charge is -2.39. The number of benzene rings is 1. The first-order chi connectivity index (χ1) is 11.7. The third-order valence-electron chi connectivity index (χ3n) is 5.30. The molecule has 1 N–H and O–H groups in total. The zero-order chi connectivity index (χ0) is 16.8. The van der Waals surface area contributed by atoms with Crippen LogP contribution < -0.4 is 5.32 Å². The largest absolute Gasteiger partial charge is 0.334 e. The number of halogens is 1. The first kappa shape index (κ1) is 17.2. The first-order valence-corrected chi connectivity index (χ1v) is 9.23. The number of carbonyl (C=O) groups is 1. The Labute approximate surface area is 144 Å². The van der Waals surface area contributed by atoms with Crippen LogP contribution in [0.2, 0.25) is 0 Å². The molecule has 2 amide bonds. The van der Waals surface area contributed by atoms with E-state index in [1.165, 1.54) is 50.7 Å². The summed E-state index contributed by atoms with van der Waals surface area (Å²) in [5.41, 5.74) is 0.918. The molecule has 0 radical (unpaired) electrons. The zero-order valence-electron chi connectivity index (χ0n) is 14.3. The summed E-state index contributed by atoms with van der Waals surface area (Å²) in [7, 11) is 0. The smallest absolute Gasteiger partial charge is 0.317 e. The van der Waals surface area contributed by atoms with Gasteiger partial charge in [0.05, 0.1) is 0 Å². The second kappa shape index (κ2) is 8.47. The van der Waals surface area contributed by atoms with Gasteiger partial charge in [0.15, 0.2) is 0 Å². The molecular weight excluding hydrogens is 305 g/mol. The molecule has 2 fully saturated rings. The van der Waals surface area contributed by atoms with Gasteiger partial charge >= 0.3 is 6.03 Å². The molecule has 0 bridgehead atoms. The van der Waals surface area contributed by atoms with Gasteiger partial charge in [-0.2, -0.15) is 0 Å². The monoisotopic (exact) mass is 333 g/mol. The highest BCUT2D eigenvalue weighted by atomic mass is 19.1. The highest BCUT2D eigenvalue weighted by Gasteiger charge is 2.26. The Morgan fingerprint density at radius 3 is 2.25 bits per heavy atom. The molecule has 1 saturated carbocycles. The molecule has 0 spiro atoms. The number of piperazine rings is 1. The molecule has 5 heteroatoms. The molecule has 1 aromatic rings. The maximum Gasteiger partial charge on any atom is 0.317 e. The maximum atomic E-state index is 12.9. The average molecular weight is 333 g/mol. The van der Waals surface area contributed by atoms with Crippen LogP contribution in [0.5, 0.6) is 0 Å². The fraction of sp³-hybridized carbons (Fsp3) is 0.632. The number of urea groups is 1. The van der Waals surface area contributed by atoms with Crippen LogP contribution in [0.3, 0.4) is 0 Å². The Kier molecular flexibility index (Phi) is 6.07. The van der Waals surface area contributed by atoms with E-state index in [4.69, 9.17) is 0 Å². The molecule has 0 atom stereocenters. The van der Waals surface area contributed by atoms with Crippen molar-refractivity contribution in [3.63, 3.8) is 0 Å². The van der Waals surface area contributed by atoms with Gasteiger partial charge in [-0.05, 0) is 30.5 Å². The van der Waals surface area contributed by atoms with Gasteiger partial charge < -0.3 is 10.2 Å². The first-order valence-electron chi connectivity index (χ1n) is 9.23. The maximum absolute atomic E-state index is 12.9. The second-order valence-electron chi connectivity index (χ2n) is 6.95. The van der Waals surface area contributed by atoms with Gasteiger partial charge in [0, 0.05) is 38.8 Å². The third kappa shape index (κ3) is 4.69. The van der Waals surface area contributed by atoms with E-state index in [-0.39, 0.29) is 11.8 Å². The lowest BCUT2D eigenvalue weighted by Crippen LogP contribution is -2.54. The molecule has 1 aliphatic carbocycles. The van der Waals surface area contributed by atoms with Crippen LogP contribution in [0.25, 0.3) is 0 Å². The standard InChI is InChI=1S/C19H28FN3O/c20-17-9-7-16(8-10-17)15-21-19(24)23-13-11-22(12-14-23)18-5-3-1-2-4-6-18/h7-10,18H,1-6,11-15H2,(H,21,24). The Morgan fingerprint density at radius 2 is 1.62 bits per heavy atom. The van der Waals surface area contributed by atoms with E-state index in [1.807, 2.05) is 4.90 Å². The zero-order valence-corrected chi connectivity index (χ0v) is 14.3. The molecule has 0 unspecified atom stereocenters. The van der Waals surface area contributed by atoms with E-state index in [0.717, 1.165) is 37.8 Å². The van der Waals surface area contributed by atoms with Crippen molar-refractivity contribution in [3.05, 3.63) is 35.6 Å². The average Bonchev–Trinajstić information content (AvgIpc) is 2.90. The van der Waals surface area contributed by atoms with Crippen molar-refractivity contribution in [3.8, 4) is 0 Å². The number of hydrogen-bond donors (Lipinski definition) is 1. The van der Waals surface area contributed by atoms with Gasteiger partial charge in [0.1, 0.15) is 5.82 Å². The van der Waals surface area contributed by atoms with Gasteiger partial charge in [-0.1, -0.05) is 37.8 Å². The Hall–Kier alpha value is -1.62. The fourth-order valence-corrected chi connectivity index (χ4v) is 3.80. The summed E-state index contributed by atoms with van der Waals surface area (Å²) in [4.78, 5) is 16.8. The second-order valence-corrected chi connectivity index (χ2v) is 6.95. The summed E-state index contributed by atoms with van der Waals surface area (Å²) in [6, 6.07) is 6.97. The van der Waals surface area contributed by atoms with Crippen LogP contribution in [0.15, 0.2) is 24.3 Å². The Bertz CT molecular complexity index is 518. The summed E-state index contributed by atoms with van der Waals surface area (Å²) in [5, 5.41) is 2.94. The number of nitrogens with one attached hydrogen (secondary N) is 1. The summed E-state index contributed by atoms with van der Waals surface area (Å²) in [6.45, 7) is 4.00. The molecule has 1 aromatic carbocycles. The summed E-state index contributed by atoms with van der Waals surface area (Å²) in [5.74, 6) is -0.250. The van der Waals surface area contributed by atoms with E-state index in [2.05, 4.69) is 10.2 Å². The summed E-state index contributed by atoms with van der Waals surface area (Å²) in [6.07, 6.45) is 8.09. The van der Waals surface area contributed by atoms with Crippen molar-refractivity contribution in [2.24, 2.45) is 0 Å². The molecule has 24 heavy (non-hydrogen) atoms.